The minimum atomic E-state index is -1.79. The van der Waals surface area contributed by atoms with E-state index in [9.17, 15) is 14.7 Å². The van der Waals surface area contributed by atoms with Crippen molar-refractivity contribution in [2.24, 2.45) is 34.5 Å². The summed E-state index contributed by atoms with van der Waals surface area (Å²) in [6.45, 7) is 14.6. The van der Waals surface area contributed by atoms with E-state index in [0.717, 1.165) is 24.8 Å². The number of unbranched alkanes of at least 4 members (excludes halogenated alkanes) is 7. The van der Waals surface area contributed by atoms with Gasteiger partial charge < -0.3 is 19.3 Å². The quantitative estimate of drug-likeness (QED) is 0.0882. The average molecular weight is 595 g/mol. The van der Waals surface area contributed by atoms with Gasteiger partial charge in [0.1, 0.15) is 6.10 Å². The van der Waals surface area contributed by atoms with Crippen molar-refractivity contribution in [1.82, 2.24) is 0 Å². The summed E-state index contributed by atoms with van der Waals surface area (Å²) >= 11 is 0. The lowest BCUT2D eigenvalue weighted by atomic mass is 9.59. The van der Waals surface area contributed by atoms with E-state index in [0.29, 0.717) is 11.5 Å². The standard InChI is InChI=1S/C37H54O6/c1-8-9-10-11-12-13-14-15-16-17-18-19-29(38)42-32-24(2)22-36-25(3)20-28-30(34(28,4)5)27(31(36)39)21-26-23-41-35(6,7)43-33(26)37(32,36)40/h16-19,21-22,25,27-28,30,32-33,40H,8-15,20,23H2,1-7H3. The summed E-state index contributed by atoms with van der Waals surface area (Å²) in [5, 5.41) is 13.0. The van der Waals surface area contributed by atoms with Crippen molar-refractivity contribution < 1.29 is 28.9 Å². The molecule has 5 aliphatic rings. The second-order valence-corrected chi connectivity index (χ2v) is 15.0. The molecule has 238 valence electrons. The van der Waals surface area contributed by atoms with E-state index < -0.39 is 35.0 Å². The molecule has 0 radical (unpaired) electrons. The maximum atomic E-state index is 14.7. The number of hydrogen-bond acceptors (Lipinski definition) is 6. The smallest absolute Gasteiger partial charge is 0.331 e. The Morgan fingerprint density at radius 2 is 1.79 bits per heavy atom. The molecule has 2 bridgehead atoms. The minimum Gasteiger partial charge on any atom is -0.451 e. The monoisotopic (exact) mass is 594 g/mol. The Bertz CT molecular complexity index is 1210. The number of Topliss-reactive ketones (excluding diaryl/α,β-unsaturated/α-hetero) is 1. The molecule has 4 aliphatic carbocycles. The first kappa shape index (κ1) is 32.4. The molecule has 0 aromatic rings. The maximum Gasteiger partial charge on any atom is 0.331 e. The fourth-order valence-electron chi connectivity index (χ4n) is 8.98. The van der Waals surface area contributed by atoms with Crippen LogP contribution in [0.25, 0.3) is 0 Å². The second kappa shape index (κ2) is 12.1. The second-order valence-electron chi connectivity index (χ2n) is 15.0. The molecule has 8 unspecified atom stereocenters. The van der Waals surface area contributed by atoms with Gasteiger partial charge in [-0.3, -0.25) is 4.79 Å². The Hall–Kier alpha value is -2.02. The summed E-state index contributed by atoms with van der Waals surface area (Å²) in [6, 6.07) is 0. The number of hydrogen-bond donors (Lipinski definition) is 1. The lowest BCUT2D eigenvalue weighted by Gasteiger charge is -2.52. The van der Waals surface area contributed by atoms with Gasteiger partial charge in [-0.25, -0.2) is 4.79 Å². The highest BCUT2D eigenvalue weighted by Gasteiger charge is 2.77. The van der Waals surface area contributed by atoms with Crippen LogP contribution in [-0.4, -0.2) is 47.1 Å². The molecule has 1 spiro atoms. The predicted molar refractivity (Wildman–Crippen MR) is 168 cm³/mol. The summed E-state index contributed by atoms with van der Waals surface area (Å²) in [5.41, 5.74) is -1.50. The molecule has 43 heavy (non-hydrogen) atoms. The van der Waals surface area contributed by atoms with Gasteiger partial charge in [0.05, 0.1) is 12.0 Å². The van der Waals surface area contributed by atoms with Crippen molar-refractivity contribution in [3.05, 3.63) is 47.6 Å². The number of ether oxygens (including phenoxy) is 3. The highest BCUT2D eigenvalue weighted by molar-refractivity contribution is 5.95. The van der Waals surface area contributed by atoms with Crippen LogP contribution in [0.4, 0.5) is 0 Å². The van der Waals surface area contributed by atoms with Crippen LogP contribution < -0.4 is 0 Å². The molecule has 0 amide bonds. The van der Waals surface area contributed by atoms with Gasteiger partial charge >= 0.3 is 5.97 Å². The molecule has 1 aliphatic heterocycles. The van der Waals surface area contributed by atoms with Gasteiger partial charge in [-0.15, -0.1) is 0 Å². The van der Waals surface area contributed by atoms with Gasteiger partial charge in [-0.1, -0.05) is 96.6 Å². The Balaban J connectivity index is 1.35. The molecule has 8 atom stereocenters. The maximum absolute atomic E-state index is 14.7. The third kappa shape index (κ3) is 5.55. The summed E-state index contributed by atoms with van der Waals surface area (Å²) in [6.07, 6.45) is 19.9. The van der Waals surface area contributed by atoms with Crippen molar-refractivity contribution in [3.63, 3.8) is 0 Å². The van der Waals surface area contributed by atoms with Crippen LogP contribution in [0.3, 0.4) is 0 Å². The van der Waals surface area contributed by atoms with Crippen molar-refractivity contribution in [2.75, 3.05) is 6.61 Å². The van der Waals surface area contributed by atoms with E-state index in [1.807, 2.05) is 39.0 Å². The van der Waals surface area contributed by atoms with Crippen LogP contribution >= 0.6 is 0 Å². The summed E-state index contributed by atoms with van der Waals surface area (Å²) in [4.78, 5) is 27.9. The van der Waals surface area contributed by atoms with E-state index in [-0.39, 0.29) is 35.6 Å². The number of aliphatic hydroxyl groups is 1. The van der Waals surface area contributed by atoms with Crippen molar-refractivity contribution in [1.29, 1.82) is 0 Å². The molecule has 0 aromatic carbocycles. The zero-order valence-corrected chi connectivity index (χ0v) is 27.5. The molecule has 5 rings (SSSR count). The zero-order chi connectivity index (χ0) is 31.2. The number of carbonyl (C=O) groups is 2. The molecular weight excluding hydrogens is 540 g/mol. The van der Waals surface area contributed by atoms with Crippen LogP contribution in [0.1, 0.15) is 106 Å². The van der Waals surface area contributed by atoms with E-state index in [1.165, 1.54) is 44.6 Å². The number of allylic oxidation sites excluding steroid dienone is 4. The number of fused-ring (bicyclic) bond motifs is 5. The fraction of sp³-hybridized carbons (Fsp3) is 0.730. The molecule has 2 saturated carbocycles. The minimum absolute atomic E-state index is 0.0191. The highest BCUT2D eigenvalue weighted by atomic mass is 16.7. The first-order chi connectivity index (χ1) is 20.3. The third-order valence-electron chi connectivity index (χ3n) is 11.4. The van der Waals surface area contributed by atoms with Crippen molar-refractivity contribution in [2.45, 2.75) is 130 Å². The third-order valence-corrected chi connectivity index (χ3v) is 11.4. The van der Waals surface area contributed by atoms with Gasteiger partial charge in [-0.05, 0) is 74.3 Å². The van der Waals surface area contributed by atoms with E-state index >= 15 is 0 Å². The SMILES string of the molecule is CCCCCCCCCC=CC=CC(=O)OC1C(C)=CC23C(=O)C(C=C4COC(C)(C)OC4C12O)C1C(CC3C)C1(C)C. The van der Waals surface area contributed by atoms with E-state index in [2.05, 4.69) is 33.8 Å². The van der Waals surface area contributed by atoms with Crippen molar-refractivity contribution >= 4 is 11.8 Å². The molecule has 3 fully saturated rings. The fourth-order valence-corrected chi connectivity index (χ4v) is 8.98. The first-order valence-electron chi connectivity index (χ1n) is 16.8. The molecule has 1 N–H and O–H groups in total. The largest absolute Gasteiger partial charge is 0.451 e. The van der Waals surface area contributed by atoms with Gasteiger partial charge in [0, 0.05) is 12.0 Å². The number of esters is 1. The van der Waals surface area contributed by atoms with Gasteiger partial charge in [-0.2, -0.15) is 0 Å². The van der Waals surface area contributed by atoms with Gasteiger partial charge in [0.15, 0.2) is 23.3 Å². The lowest BCUT2D eigenvalue weighted by molar-refractivity contribution is -0.303. The average Bonchev–Trinajstić information content (AvgIpc) is 3.44. The van der Waals surface area contributed by atoms with Crippen LogP contribution in [-0.2, 0) is 23.8 Å². The normalized spacial score (nSPS) is 38.9. The molecule has 1 heterocycles. The van der Waals surface area contributed by atoms with E-state index in [4.69, 9.17) is 14.2 Å². The predicted octanol–water partition coefficient (Wildman–Crippen LogP) is 7.42. The van der Waals surface area contributed by atoms with Crippen LogP contribution in [0.15, 0.2) is 47.6 Å². The number of carbonyl (C=O) groups excluding carboxylic acids is 2. The summed E-state index contributed by atoms with van der Waals surface area (Å²) < 4.78 is 18.6. The number of rotatable bonds is 11. The lowest BCUT2D eigenvalue weighted by Crippen LogP contribution is -2.68. The molecule has 0 aromatic heterocycles. The molecule has 6 heteroatoms. The van der Waals surface area contributed by atoms with Crippen LogP contribution in [0.2, 0.25) is 0 Å². The Morgan fingerprint density at radius 1 is 1.09 bits per heavy atom. The number of ketones is 1. The summed E-state index contributed by atoms with van der Waals surface area (Å²) in [7, 11) is 0. The van der Waals surface area contributed by atoms with Gasteiger partial charge in [0.25, 0.3) is 0 Å². The Kier molecular flexibility index (Phi) is 9.08. The zero-order valence-electron chi connectivity index (χ0n) is 27.5. The Morgan fingerprint density at radius 3 is 2.51 bits per heavy atom. The molecular formula is C37H54O6. The highest BCUT2D eigenvalue weighted by Crippen LogP contribution is 2.72. The Labute approximate surface area is 259 Å². The summed E-state index contributed by atoms with van der Waals surface area (Å²) in [5.74, 6) is -1.39. The topological polar surface area (TPSA) is 82.1 Å². The van der Waals surface area contributed by atoms with Crippen molar-refractivity contribution in [3.8, 4) is 0 Å². The first-order valence-corrected chi connectivity index (χ1v) is 16.8. The van der Waals surface area contributed by atoms with Gasteiger partial charge in [0.2, 0.25) is 0 Å². The van der Waals surface area contributed by atoms with Crippen LogP contribution in [0, 0.1) is 34.5 Å². The molecule has 1 saturated heterocycles. The van der Waals surface area contributed by atoms with Crippen LogP contribution in [0.5, 0.6) is 0 Å². The molecule has 6 nitrogen and oxygen atoms in total. The van der Waals surface area contributed by atoms with E-state index in [1.54, 1.807) is 6.08 Å².